The average Bonchev–Trinajstić information content (AvgIpc) is 3.16. The van der Waals surface area contributed by atoms with Crippen LogP contribution >= 0.6 is 35.6 Å². The van der Waals surface area contributed by atoms with Crippen LogP contribution in [-0.4, -0.2) is 77.1 Å². The van der Waals surface area contributed by atoms with Crippen LogP contribution in [0.2, 0.25) is 5.02 Å². The summed E-state index contributed by atoms with van der Waals surface area (Å²) in [6, 6.07) is 8.68. The van der Waals surface area contributed by atoms with E-state index in [-0.39, 0.29) is 25.3 Å². The Labute approximate surface area is 243 Å². The van der Waals surface area contributed by atoms with Crippen molar-refractivity contribution in [2.45, 2.75) is 19.0 Å². The van der Waals surface area contributed by atoms with Crippen LogP contribution in [0.1, 0.15) is 24.0 Å². The number of carbonyl (C=O) groups is 2. The molecule has 0 aliphatic carbocycles. The highest BCUT2D eigenvalue weighted by Crippen LogP contribution is 2.39. The molecule has 4 rings (SSSR count). The number of thioether (sulfide) groups is 1. The van der Waals surface area contributed by atoms with E-state index in [2.05, 4.69) is 4.90 Å². The van der Waals surface area contributed by atoms with Gasteiger partial charge in [-0.05, 0) is 47.9 Å². The van der Waals surface area contributed by atoms with Gasteiger partial charge in [-0.3, -0.25) is 19.4 Å². The van der Waals surface area contributed by atoms with Crippen LogP contribution < -0.4 is 4.74 Å². The first-order valence-electron chi connectivity index (χ1n) is 12.4. The molecule has 0 radical (unpaired) electrons. The predicted molar refractivity (Wildman–Crippen MR) is 151 cm³/mol. The molecule has 214 valence electrons. The number of hydrogen-bond donors (Lipinski definition) is 1. The standard InChI is InChI=1S/C27H26ClF3N2O5S2/c28-21-15-18(3-5-20(21)27(29,30)31)17-4-6-22(38-13-10-32-8-11-37-12-9-32)19(14-17)16-23-25(36)33(26(39)40-23)7-1-2-24(34)35/h3-6,14-16H,1-2,7-13H2,(H,34,35). The molecule has 2 fully saturated rings. The van der Waals surface area contributed by atoms with Crippen molar-refractivity contribution in [1.29, 1.82) is 0 Å². The molecule has 0 bridgehead atoms. The first-order chi connectivity index (χ1) is 19.0. The third-order valence-electron chi connectivity index (χ3n) is 6.32. The number of aliphatic carboxylic acids is 1. The number of amides is 1. The van der Waals surface area contributed by atoms with Gasteiger partial charge in [-0.2, -0.15) is 13.2 Å². The van der Waals surface area contributed by atoms with Gasteiger partial charge in [0.05, 0.1) is 28.7 Å². The highest BCUT2D eigenvalue weighted by molar-refractivity contribution is 8.26. The number of carboxylic acids is 1. The van der Waals surface area contributed by atoms with Gasteiger partial charge >= 0.3 is 12.1 Å². The van der Waals surface area contributed by atoms with Crippen molar-refractivity contribution in [1.82, 2.24) is 9.80 Å². The quantitative estimate of drug-likeness (QED) is 0.266. The van der Waals surface area contributed by atoms with Gasteiger partial charge in [0.15, 0.2) is 0 Å². The molecular formula is C27H26ClF3N2O5S2. The number of morpholine rings is 1. The molecule has 1 amide bonds. The zero-order valence-corrected chi connectivity index (χ0v) is 23.6. The Kier molecular flexibility index (Phi) is 10.1. The van der Waals surface area contributed by atoms with E-state index in [1.807, 2.05) is 0 Å². The lowest BCUT2D eigenvalue weighted by Crippen LogP contribution is -2.38. The third kappa shape index (κ3) is 7.76. The van der Waals surface area contributed by atoms with Crippen LogP contribution in [0, 0.1) is 0 Å². The van der Waals surface area contributed by atoms with Crippen LogP contribution in [0.4, 0.5) is 13.2 Å². The second-order valence-corrected chi connectivity index (χ2v) is 11.2. The largest absolute Gasteiger partial charge is 0.492 e. The summed E-state index contributed by atoms with van der Waals surface area (Å²) in [6.07, 6.45) is -2.77. The third-order valence-corrected chi connectivity index (χ3v) is 8.01. The molecule has 2 saturated heterocycles. The van der Waals surface area contributed by atoms with Crippen molar-refractivity contribution < 1.29 is 37.3 Å². The number of rotatable bonds is 10. The number of carboxylic acid groups (broad SMARTS) is 1. The van der Waals surface area contributed by atoms with Gasteiger partial charge in [0, 0.05) is 38.2 Å². The van der Waals surface area contributed by atoms with Crippen LogP contribution in [0.25, 0.3) is 17.2 Å². The number of halogens is 4. The number of benzene rings is 2. The molecule has 2 aliphatic heterocycles. The molecule has 0 saturated carbocycles. The fraction of sp³-hybridized carbons (Fsp3) is 0.370. The van der Waals surface area contributed by atoms with Gasteiger partial charge in [0.1, 0.15) is 16.7 Å². The smallest absolute Gasteiger partial charge is 0.417 e. The summed E-state index contributed by atoms with van der Waals surface area (Å²) in [5.41, 5.74) is 0.669. The van der Waals surface area contributed by atoms with Crippen molar-refractivity contribution in [3.8, 4) is 16.9 Å². The lowest BCUT2D eigenvalue weighted by Gasteiger charge is -2.26. The van der Waals surface area contributed by atoms with Crippen molar-refractivity contribution in [2.24, 2.45) is 0 Å². The number of hydrogen-bond acceptors (Lipinski definition) is 7. The molecule has 0 spiro atoms. The normalized spacial score (nSPS) is 17.6. The van der Waals surface area contributed by atoms with Crippen molar-refractivity contribution >= 4 is 57.9 Å². The summed E-state index contributed by atoms with van der Waals surface area (Å²) in [7, 11) is 0. The highest BCUT2D eigenvalue weighted by atomic mass is 35.5. The van der Waals surface area contributed by atoms with Crippen LogP contribution in [0.15, 0.2) is 41.3 Å². The lowest BCUT2D eigenvalue weighted by atomic mass is 10.0. The van der Waals surface area contributed by atoms with Crippen LogP contribution in [0.5, 0.6) is 5.75 Å². The number of nitrogens with zero attached hydrogens (tertiary/aromatic N) is 2. The summed E-state index contributed by atoms with van der Waals surface area (Å²) in [5, 5.41) is 8.49. The molecule has 0 aromatic heterocycles. The Bertz CT molecular complexity index is 1320. The Morgan fingerprint density at radius 2 is 1.85 bits per heavy atom. The van der Waals surface area contributed by atoms with E-state index in [0.717, 1.165) is 30.9 Å². The Balaban J connectivity index is 1.61. The fourth-order valence-electron chi connectivity index (χ4n) is 4.23. The molecule has 13 heteroatoms. The Hall–Kier alpha value is -2.64. The van der Waals surface area contributed by atoms with Gasteiger partial charge < -0.3 is 14.6 Å². The van der Waals surface area contributed by atoms with E-state index in [4.69, 9.17) is 38.4 Å². The van der Waals surface area contributed by atoms with Crippen molar-refractivity contribution in [3.63, 3.8) is 0 Å². The monoisotopic (exact) mass is 614 g/mol. The zero-order valence-electron chi connectivity index (χ0n) is 21.2. The maximum atomic E-state index is 13.2. The molecule has 1 N–H and O–H groups in total. The number of carbonyl (C=O) groups excluding carboxylic acids is 1. The number of ether oxygens (including phenoxy) is 2. The lowest BCUT2D eigenvalue weighted by molar-refractivity contribution is -0.138. The number of alkyl halides is 3. The molecular weight excluding hydrogens is 589 g/mol. The summed E-state index contributed by atoms with van der Waals surface area (Å²) < 4.78 is 51.4. The molecule has 7 nitrogen and oxygen atoms in total. The van der Waals surface area contributed by atoms with E-state index in [1.54, 1.807) is 24.3 Å². The first-order valence-corrected chi connectivity index (χ1v) is 14.0. The maximum Gasteiger partial charge on any atom is 0.417 e. The van der Waals surface area contributed by atoms with Gasteiger partial charge in [0.25, 0.3) is 5.91 Å². The van der Waals surface area contributed by atoms with E-state index >= 15 is 0 Å². The minimum absolute atomic E-state index is 0.0883. The SMILES string of the molecule is O=C(O)CCCN1C(=O)C(=Cc2cc(-c3ccc(C(F)(F)F)c(Cl)c3)ccc2OCCN2CCOCC2)SC1=S. The van der Waals surface area contributed by atoms with E-state index in [0.29, 0.717) is 58.0 Å². The second kappa shape index (κ2) is 13.3. The minimum Gasteiger partial charge on any atom is -0.492 e. The second-order valence-electron chi connectivity index (χ2n) is 9.08. The molecule has 40 heavy (non-hydrogen) atoms. The van der Waals surface area contributed by atoms with Crippen molar-refractivity contribution in [2.75, 3.05) is 46.0 Å². The topological polar surface area (TPSA) is 79.3 Å². The maximum absolute atomic E-state index is 13.2. The van der Waals surface area contributed by atoms with Crippen molar-refractivity contribution in [3.05, 3.63) is 57.5 Å². The fourth-order valence-corrected chi connectivity index (χ4v) is 5.82. The molecule has 0 atom stereocenters. The molecule has 2 aromatic rings. The van der Waals surface area contributed by atoms with E-state index in [1.165, 1.54) is 17.0 Å². The van der Waals surface area contributed by atoms with E-state index in [9.17, 15) is 22.8 Å². The highest BCUT2D eigenvalue weighted by Gasteiger charge is 2.34. The van der Waals surface area contributed by atoms with Gasteiger partial charge in [-0.15, -0.1) is 0 Å². The molecule has 2 heterocycles. The summed E-state index contributed by atoms with van der Waals surface area (Å²) in [5.74, 6) is -0.811. The van der Waals surface area contributed by atoms with Gasteiger partial charge in [-0.25, -0.2) is 0 Å². The molecule has 0 unspecified atom stereocenters. The zero-order chi connectivity index (χ0) is 28.9. The minimum atomic E-state index is -4.57. The molecule has 2 aromatic carbocycles. The summed E-state index contributed by atoms with van der Waals surface area (Å²) >= 11 is 12.4. The van der Waals surface area contributed by atoms with E-state index < -0.39 is 22.7 Å². The molecule has 2 aliphatic rings. The predicted octanol–water partition coefficient (Wildman–Crippen LogP) is 5.80. The first kappa shape index (κ1) is 30.3. The van der Waals surface area contributed by atoms with Gasteiger partial charge in [0.2, 0.25) is 0 Å². The van der Waals surface area contributed by atoms with Crippen LogP contribution in [-0.2, 0) is 20.5 Å². The Morgan fingerprint density at radius 3 is 2.52 bits per heavy atom. The Morgan fingerprint density at radius 1 is 1.15 bits per heavy atom. The summed E-state index contributed by atoms with van der Waals surface area (Å²) in [6.45, 7) is 4.14. The number of thiocarbonyl (C=S) groups is 1. The average molecular weight is 615 g/mol. The summed E-state index contributed by atoms with van der Waals surface area (Å²) in [4.78, 5) is 27.9. The van der Waals surface area contributed by atoms with Crippen LogP contribution in [0.3, 0.4) is 0 Å². The van der Waals surface area contributed by atoms with Gasteiger partial charge in [-0.1, -0.05) is 47.7 Å².